The van der Waals surface area contributed by atoms with Gasteiger partial charge in [-0.25, -0.2) is 0 Å². The van der Waals surface area contributed by atoms with E-state index >= 15 is 0 Å². The average Bonchev–Trinajstić information content (AvgIpc) is 3.75. The van der Waals surface area contributed by atoms with Crippen LogP contribution >= 0.6 is 0 Å². The van der Waals surface area contributed by atoms with Crippen LogP contribution in [0.5, 0.6) is 0 Å². The second-order valence-electron chi connectivity index (χ2n) is 12.1. The molecule has 3 heterocycles. The number of para-hydroxylation sites is 2. The molecular formula is C42H23NO. The van der Waals surface area contributed by atoms with Crippen LogP contribution in [0.25, 0.3) is 104 Å². The van der Waals surface area contributed by atoms with Gasteiger partial charge in [0, 0.05) is 32.3 Å². The molecule has 0 N–H and O–H groups in total. The molecule has 0 unspecified atom stereocenters. The number of hydrogen-bond donors (Lipinski definition) is 0. The monoisotopic (exact) mass is 557 g/mol. The number of fused-ring (bicyclic) bond motifs is 9. The number of aromatic nitrogens is 1. The molecule has 0 aliphatic rings. The standard InChI is InChI=1S/C42H23NO/c1-2-8-24(9-3-1)27-22-35-28-18-16-25(20-33(28)30-11-7-15-38-40(30)41(35)39(23-27)44-38)26-17-19-37-34(21-26)32-13-6-12-31-29-10-4-5-14-36(29)43(37)42(31)32/h1-23H. The van der Waals surface area contributed by atoms with Crippen LogP contribution in [0.15, 0.2) is 144 Å². The lowest BCUT2D eigenvalue weighted by Gasteiger charge is -2.12. The molecule has 2 heteroatoms. The zero-order valence-electron chi connectivity index (χ0n) is 23.6. The highest BCUT2D eigenvalue weighted by Crippen LogP contribution is 2.46. The fourth-order valence-corrected chi connectivity index (χ4v) is 7.97. The predicted octanol–water partition coefficient (Wildman–Crippen LogP) is 11.8. The summed E-state index contributed by atoms with van der Waals surface area (Å²) in [6.45, 7) is 0. The van der Waals surface area contributed by atoms with Crippen LogP contribution in [0.1, 0.15) is 0 Å². The van der Waals surface area contributed by atoms with Gasteiger partial charge >= 0.3 is 0 Å². The van der Waals surface area contributed by atoms with Crippen molar-refractivity contribution in [1.29, 1.82) is 0 Å². The highest BCUT2D eigenvalue weighted by molar-refractivity contribution is 6.34. The molecule has 202 valence electrons. The van der Waals surface area contributed by atoms with Crippen LogP contribution in [0.4, 0.5) is 0 Å². The lowest BCUT2D eigenvalue weighted by atomic mass is 9.90. The van der Waals surface area contributed by atoms with E-state index in [-0.39, 0.29) is 0 Å². The van der Waals surface area contributed by atoms with Gasteiger partial charge in [-0.2, -0.15) is 0 Å². The zero-order chi connectivity index (χ0) is 28.5. The van der Waals surface area contributed by atoms with Gasteiger partial charge in [-0.3, -0.25) is 0 Å². The molecule has 2 nitrogen and oxygen atoms in total. The van der Waals surface area contributed by atoms with E-state index in [9.17, 15) is 0 Å². The van der Waals surface area contributed by atoms with Crippen molar-refractivity contribution in [3.05, 3.63) is 140 Å². The van der Waals surface area contributed by atoms with Crippen LogP contribution in [0.3, 0.4) is 0 Å². The van der Waals surface area contributed by atoms with Crippen molar-refractivity contribution >= 4 is 81.6 Å². The summed E-state index contributed by atoms with van der Waals surface area (Å²) in [6.07, 6.45) is 0. The Hall–Kier alpha value is -5.86. The fourth-order valence-electron chi connectivity index (χ4n) is 7.97. The maximum Gasteiger partial charge on any atom is 0.136 e. The van der Waals surface area contributed by atoms with E-state index in [1.54, 1.807) is 0 Å². The van der Waals surface area contributed by atoms with Gasteiger partial charge in [-0.15, -0.1) is 0 Å². The summed E-state index contributed by atoms with van der Waals surface area (Å²) in [7, 11) is 0. The quantitative estimate of drug-likeness (QED) is 0.193. The molecule has 44 heavy (non-hydrogen) atoms. The Morgan fingerprint density at radius 1 is 0.341 bits per heavy atom. The Bertz CT molecular complexity index is 2920. The maximum absolute atomic E-state index is 6.49. The van der Waals surface area contributed by atoms with Crippen LogP contribution in [-0.4, -0.2) is 4.40 Å². The molecule has 0 aliphatic carbocycles. The first-order chi connectivity index (χ1) is 21.8. The molecule has 0 radical (unpaired) electrons. The third kappa shape index (κ3) is 2.76. The minimum Gasteiger partial charge on any atom is -0.456 e. The first kappa shape index (κ1) is 22.7. The van der Waals surface area contributed by atoms with Gasteiger partial charge in [0.1, 0.15) is 11.2 Å². The molecule has 8 aromatic carbocycles. The molecule has 0 fully saturated rings. The summed E-state index contributed by atoms with van der Waals surface area (Å²) in [5.41, 5.74) is 10.5. The third-order valence-electron chi connectivity index (χ3n) is 9.86. The van der Waals surface area contributed by atoms with Crippen molar-refractivity contribution in [1.82, 2.24) is 4.40 Å². The van der Waals surface area contributed by atoms with Crippen molar-refractivity contribution in [2.75, 3.05) is 0 Å². The van der Waals surface area contributed by atoms with Gasteiger partial charge in [0.15, 0.2) is 0 Å². The van der Waals surface area contributed by atoms with E-state index in [0.717, 1.165) is 11.2 Å². The number of furan rings is 1. The second kappa shape index (κ2) is 7.94. The Kier molecular flexibility index (Phi) is 4.10. The lowest BCUT2D eigenvalue weighted by Crippen LogP contribution is -1.86. The molecule has 0 spiro atoms. The van der Waals surface area contributed by atoms with E-state index in [1.165, 1.54) is 92.7 Å². The molecule has 0 aliphatic heterocycles. The van der Waals surface area contributed by atoms with Gasteiger partial charge in [0.2, 0.25) is 0 Å². The van der Waals surface area contributed by atoms with Crippen LogP contribution < -0.4 is 0 Å². The molecule has 0 saturated carbocycles. The summed E-state index contributed by atoms with van der Waals surface area (Å²) in [6, 6.07) is 51.0. The summed E-state index contributed by atoms with van der Waals surface area (Å²) in [4.78, 5) is 0. The minimum atomic E-state index is 0.944. The van der Waals surface area contributed by atoms with Gasteiger partial charge in [-0.1, -0.05) is 97.1 Å². The first-order valence-electron chi connectivity index (χ1n) is 15.2. The molecular weight excluding hydrogens is 534 g/mol. The summed E-state index contributed by atoms with van der Waals surface area (Å²) >= 11 is 0. The topological polar surface area (TPSA) is 17.6 Å². The van der Waals surface area contributed by atoms with Crippen molar-refractivity contribution in [3.63, 3.8) is 0 Å². The van der Waals surface area contributed by atoms with Gasteiger partial charge in [0.25, 0.3) is 0 Å². The highest BCUT2D eigenvalue weighted by Gasteiger charge is 2.20. The van der Waals surface area contributed by atoms with Gasteiger partial charge in [0.05, 0.1) is 16.6 Å². The lowest BCUT2D eigenvalue weighted by molar-refractivity contribution is 0.669. The Labute approximate surface area is 251 Å². The number of nitrogens with zero attached hydrogens (tertiary/aromatic N) is 1. The average molecular weight is 558 g/mol. The molecule has 0 amide bonds. The number of hydrogen-bond acceptors (Lipinski definition) is 1. The first-order valence-corrected chi connectivity index (χ1v) is 15.2. The second-order valence-corrected chi connectivity index (χ2v) is 12.1. The van der Waals surface area contributed by atoms with Crippen LogP contribution in [-0.2, 0) is 0 Å². The van der Waals surface area contributed by atoms with E-state index < -0.39 is 0 Å². The number of benzene rings is 8. The Balaban J connectivity index is 1.19. The van der Waals surface area contributed by atoms with E-state index in [1.807, 2.05) is 0 Å². The van der Waals surface area contributed by atoms with Gasteiger partial charge in [-0.05, 0) is 86.3 Å². The maximum atomic E-state index is 6.49. The van der Waals surface area contributed by atoms with Crippen molar-refractivity contribution in [2.45, 2.75) is 0 Å². The summed E-state index contributed by atoms with van der Waals surface area (Å²) in [5, 5.41) is 12.7. The van der Waals surface area contributed by atoms with Crippen molar-refractivity contribution in [2.24, 2.45) is 0 Å². The smallest absolute Gasteiger partial charge is 0.136 e. The van der Waals surface area contributed by atoms with Crippen LogP contribution in [0.2, 0.25) is 0 Å². The van der Waals surface area contributed by atoms with E-state index in [2.05, 4.69) is 144 Å². The Morgan fingerprint density at radius 3 is 1.91 bits per heavy atom. The number of rotatable bonds is 2. The summed E-state index contributed by atoms with van der Waals surface area (Å²) in [5.74, 6) is 0. The van der Waals surface area contributed by atoms with Crippen molar-refractivity contribution in [3.8, 4) is 22.3 Å². The fraction of sp³-hybridized carbons (Fsp3) is 0. The molecule has 11 rings (SSSR count). The molecule has 3 aromatic heterocycles. The predicted molar refractivity (Wildman–Crippen MR) is 185 cm³/mol. The zero-order valence-corrected chi connectivity index (χ0v) is 23.6. The van der Waals surface area contributed by atoms with Gasteiger partial charge < -0.3 is 8.82 Å². The minimum absolute atomic E-state index is 0.944. The molecule has 0 saturated heterocycles. The molecule has 0 bridgehead atoms. The van der Waals surface area contributed by atoms with Crippen LogP contribution in [0, 0.1) is 0 Å². The SMILES string of the molecule is c1ccc(-c2cc3oc4cccc5c6cc(-c7ccc8c(c7)c7cccc9c%10ccccc%10n8c97)ccc6c(c2)c3c45)cc1. The van der Waals surface area contributed by atoms with Crippen molar-refractivity contribution < 1.29 is 4.42 Å². The largest absolute Gasteiger partial charge is 0.456 e. The Morgan fingerprint density at radius 2 is 1.00 bits per heavy atom. The normalized spacial score (nSPS) is 12.5. The molecule has 11 aromatic rings. The van der Waals surface area contributed by atoms with E-state index in [0.29, 0.717) is 0 Å². The third-order valence-corrected chi connectivity index (χ3v) is 9.86. The molecule has 0 atom stereocenters. The van der Waals surface area contributed by atoms with E-state index in [4.69, 9.17) is 4.42 Å². The highest BCUT2D eigenvalue weighted by atomic mass is 16.3. The summed E-state index contributed by atoms with van der Waals surface area (Å²) < 4.78 is 8.93.